The largest absolute Gasteiger partial charge is 0.417 e. The number of hydrogen-bond donors (Lipinski definition) is 0. The van der Waals surface area contributed by atoms with Gasteiger partial charge >= 0.3 is 6.18 Å². The van der Waals surface area contributed by atoms with E-state index in [2.05, 4.69) is 15.9 Å². The molecule has 0 saturated carbocycles. The van der Waals surface area contributed by atoms with Crippen molar-refractivity contribution in [1.82, 2.24) is 5.01 Å². The van der Waals surface area contributed by atoms with Crippen LogP contribution < -0.4 is 4.90 Å². The zero-order valence-electron chi connectivity index (χ0n) is 19.0. The third kappa shape index (κ3) is 5.23. The summed E-state index contributed by atoms with van der Waals surface area (Å²) in [6, 6.07) is 20.6. The second-order valence-electron chi connectivity index (χ2n) is 8.59. The van der Waals surface area contributed by atoms with Gasteiger partial charge in [0, 0.05) is 22.8 Å². The van der Waals surface area contributed by atoms with Crippen molar-refractivity contribution >= 4 is 44.8 Å². The lowest BCUT2D eigenvalue weighted by Crippen LogP contribution is -2.40. The monoisotopic (exact) mass is 563 g/mol. The maximum atomic E-state index is 13.3. The normalized spacial score (nSPS) is 17.9. The van der Waals surface area contributed by atoms with Crippen molar-refractivity contribution in [3.05, 3.63) is 99.0 Å². The Bertz CT molecular complexity index is 1270. The molecular formula is C26H22BrClF3N3O. The minimum atomic E-state index is -4.55. The first-order valence-electron chi connectivity index (χ1n) is 10.8. The highest BCUT2D eigenvalue weighted by molar-refractivity contribution is 9.10. The average molecular weight is 565 g/mol. The highest BCUT2D eigenvalue weighted by Gasteiger charge is 2.42. The van der Waals surface area contributed by atoms with Gasteiger partial charge < -0.3 is 4.90 Å². The SMILES string of the molecule is CN(C(=O)CN1CC(C)(c2ccccc2)C(c2ccc(C(F)(F)F)c(Cl)c2)=N1)c1ccc(Br)cc1. The predicted octanol–water partition coefficient (Wildman–Crippen LogP) is 6.76. The molecular weight excluding hydrogens is 543 g/mol. The summed E-state index contributed by atoms with van der Waals surface area (Å²) in [7, 11) is 1.69. The summed E-state index contributed by atoms with van der Waals surface area (Å²) in [5.74, 6) is -0.168. The molecule has 0 fully saturated rings. The van der Waals surface area contributed by atoms with Crippen LogP contribution in [0.1, 0.15) is 23.6 Å². The number of carbonyl (C=O) groups excluding carboxylic acids is 1. The van der Waals surface area contributed by atoms with Gasteiger partial charge in [-0.3, -0.25) is 9.80 Å². The average Bonchev–Trinajstić information content (AvgIpc) is 3.15. The molecule has 0 saturated heterocycles. The number of hydrazone groups is 1. The van der Waals surface area contributed by atoms with E-state index in [-0.39, 0.29) is 12.5 Å². The lowest BCUT2D eigenvalue weighted by Gasteiger charge is -2.28. The molecule has 4 nitrogen and oxygen atoms in total. The Morgan fingerprint density at radius 2 is 1.77 bits per heavy atom. The summed E-state index contributed by atoms with van der Waals surface area (Å²) < 4.78 is 40.7. The number of amides is 1. The number of rotatable bonds is 5. The Balaban J connectivity index is 1.67. The molecule has 4 rings (SSSR count). The van der Waals surface area contributed by atoms with E-state index in [1.54, 1.807) is 17.0 Å². The molecule has 9 heteroatoms. The topological polar surface area (TPSA) is 35.9 Å². The molecule has 1 atom stereocenters. The van der Waals surface area contributed by atoms with Crippen LogP contribution in [0.4, 0.5) is 18.9 Å². The van der Waals surface area contributed by atoms with Crippen LogP contribution in [0.3, 0.4) is 0 Å². The second-order valence-corrected chi connectivity index (χ2v) is 9.91. The summed E-state index contributed by atoms with van der Waals surface area (Å²) in [5, 5.41) is 5.97. The van der Waals surface area contributed by atoms with Crippen LogP contribution in [0, 0.1) is 0 Å². The highest BCUT2D eigenvalue weighted by Crippen LogP contribution is 2.39. The van der Waals surface area contributed by atoms with Crippen molar-refractivity contribution < 1.29 is 18.0 Å². The molecule has 1 heterocycles. The van der Waals surface area contributed by atoms with E-state index in [1.807, 2.05) is 61.5 Å². The summed E-state index contributed by atoms with van der Waals surface area (Å²) in [6.07, 6.45) is -4.55. The van der Waals surface area contributed by atoms with Gasteiger partial charge in [0.15, 0.2) is 0 Å². The van der Waals surface area contributed by atoms with Gasteiger partial charge in [-0.1, -0.05) is 63.9 Å². The molecule has 3 aromatic carbocycles. The molecule has 1 aliphatic rings. The van der Waals surface area contributed by atoms with Crippen LogP contribution >= 0.6 is 27.5 Å². The number of carbonyl (C=O) groups is 1. The maximum absolute atomic E-state index is 13.3. The molecule has 1 unspecified atom stereocenters. The predicted molar refractivity (Wildman–Crippen MR) is 136 cm³/mol. The van der Waals surface area contributed by atoms with Crippen molar-refractivity contribution in [2.75, 3.05) is 25.0 Å². The number of nitrogens with zero attached hydrogens (tertiary/aromatic N) is 3. The minimum absolute atomic E-state index is 0.00680. The molecule has 0 aromatic heterocycles. The first-order valence-corrected chi connectivity index (χ1v) is 11.9. The van der Waals surface area contributed by atoms with Gasteiger partial charge in [-0.2, -0.15) is 18.3 Å². The maximum Gasteiger partial charge on any atom is 0.417 e. The number of benzene rings is 3. The van der Waals surface area contributed by atoms with Gasteiger partial charge in [-0.25, -0.2) is 0 Å². The minimum Gasteiger partial charge on any atom is -0.314 e. The molecule has 0 aliphatic carbocycles. The van der Waals surface area contributed by atoms with Crippen molar-refractivity contribution in [1.29, 1.82) is 0 Å². The van der Waals surface area contributed by atoms with E-state index in [0.717, 1.165) is 21.8 Å². The molecule has 0 spiro atoms. The number of anilines is 1. The number of alkyl halides is 3. The fourth-order valence-corrected chi connectivity index (χ4v) is 4.74. The van der Waals surface area contributed by atoms with Crippen LogP contribution in [0.2, 0.25) is 5.02 Å². The van der Waals surface area contributed by atoms with Gasteiger partial charge in [0.1, 0.15) is 6.54 Å². The first kappa shape index (κ1) is 25.3. The van der Waals surface area contributed by atoms with Crippen molar-refractivity contribution in [2.45, 2.75) is 18.5 Å². The Morgan fingerprint density at radius 1 is 1.11 bits per heavy atom. The lowest BCUT2D eigenvalue weighted by molar-refractivity contribution is -0.137. The fourth-order valence-electron chi connectivity index (χ4n) is 4.19. The van der Waals surface area contributed by atoms with Gasteiger partial charge in [-0.05, 0) is 48.9 Å². The molecule has 1 amide bonds. The van der Waals surface area contributed by atoms with Crippen LogP contribution in [-0.2, 0) is 16.4 Å². The summed E-state index contributed by atoms with van der Waals surface area (Å²) in [4.78, 5) is 14.6. The summed E-state index contributed by atoms with van der Waals surface area (Å²) in [5.41, 5.74) is 1.14. The second kappa shape index (κ2) is 9.66. The van der Waals surface area contributed by atoms with Gasteiger partial charge in [0.2, 0.25) is 5.91 Å². The van der Waals surface area contributed by atoms with E-state index in [1.165, 1.54) is 12.1 Å². The fraction of sp³-hybridized carbons (Fsp3) is 0.231. The van der Waals surface area contributed by atoms with E-state index in [4.69, 9.17) is 16.7 Å². The van der Waals surface area contributed by atoms with Crippen LogP contribution in [0.15, 0.2) is 82.4 Å². The Morgan fingerprint density at radius 3 is 2.37 bits per heavy atom. The molecule has 0 N–H and O–H groups in total. The van der Waals surface area contributed by atoms with Crippen LogP contribution in [-0.4, -0.2) is 36.8 Å². The third-order valence-corrected chi connectivity index (χ3v) is 6.97. The van der Waals surface area contributed by atoms with Crippen molar-refractivity contribution in [2.24, 2.45) is 5.10 Å². The first-order chi connectivity index (χ1) is 16.5. The summed E-state index contributed by atoms with van der Waals surface area (Å²) in [6.45, 7) is 2.35. The van der Waals surface area contributed by atoms with E-state index >= 15 is 0 Å². The molecule has 0 radical (unpaired) electrons. The van der Waals surface area contributed by atoms with Crippen LogP contribution in [0.5, 0.6) is 0 Å². The lowest BCUT2D eigenvalue weighted by atomic mass is 9.76. The Kier molecular flexibility index (Phi) is 6.97. The van der Waals surface area contributed by atoms with E-state index in [0.29, 0.717) is 17.8 Å². The number of hydrogen-bond acceptors (Lipinski definition) is 3. The van der Waals surface area contributed by atoms with Crippen molar-refractivity contribution in [3.8, 4) is 0 Å². The summed E-state index contributed by atoms with van der Waals surface area (Å²) >= 11 is 9.41. The molecule has 3 aromatic rings. The molecule has 35 heavy (non-hydrogen) atoms. The zero-order chi connectivity index (χ0) is 25.4. The number of likely N-dealkylation sites (N-methyl/N-ethyl adjacent to an activating group) is 1. The third-order valence-electron chi connectivity index (χ3n) is 6.13. The standard InChI is InChI=1S/C26H22BrClF3N3O/c1-25(18-6-4-3-5-7-18)16-34(15-23(35)33(2)20-11-9-19(27)10-12-20)32-24(25)17-8-13-21(22(28)14-17)26(29,30)31/h3-14H,15-16H2,1-2H3. The smallest absolute Gasteiger partial charge is 0.314 e. The Labute approximate surface area is 215 Å². The van der Waals surface area contributed by atoms with Gasteiger partial charge in [0.25, 0.3) is 0 Å². The van der Waals surface area contributed by atoms with Crippen LogP contribution in [0.25, 0.3) is 0 Å². The molecule has 0 bridgehead atoms. The number of halogens is 5. The van der Waals surface area contributed by atoms with Crippen molar-refractivity contribution in [3.63, 3.8) is 0 Å². The van der Waals surface area contributed by atoms with E-state index in [9.17, 15) is 18.0 Å². The quantitative estimate of drug-likeness (QED) is 0.343. The molecule has 182 valence electrons. The zero-order valence-corrected chi connectivity index (χ0v) is 21.3. The van der Waals surface area contributed by atoms with E-state index < -0.39 is 22.2 Å². The van der Waals surface area contributed by atoms with Gasteiger partial charge in [-0.15, -0.1) is 0 Å². The highest BCUT2D eigenvalue weighted by atomic mass is 79.9. The Hall–Kier alpha value is -2.84. The van der Waals surface area contributed by atoms with Gasteiger partial charge in [0.05, 0.1) is 28.3 Å². The molecule has 1 aliphatic heterocycles.